The Morgan fingerprint density at radius 2 is 2.00 bits per heavy atom. The molecule has 69 valence electrons. The fourth-order valence-electron chi connectivity index (χ4n) is 1.80. The van der Waals surface area contributed by atoms with E-state index in [9.17, 15) is 4.79 Å². The van der Waals surface area contributed by atoms with Crippen molar-refractivity contribution >= 4 is 5.97 Å². The lowest BCUT2D eigenvalue weighted by atomic mass is 9.87. The van der Waals surface area contributed by atoms with E-state index >= 15 is 0 Å². The van der Waals surface area contributed by atoms with Crippen LogP contribution >= 0.6 is 0 Å². The number of rotatable bonds is 3. The van der Waals surface area contributed by atoms with E-state index in [1.165, 1.54) is 32.1 Å². The highest BCUT2D eigenvalue weighted by Crippen LogP contribution is 2.26. The molecule has 0 heterocycles. The van der Waals surface area contributed by atoms with Gasteiger partial charge < -0.3 is 4.74 Å². The van der Waals surface area contributed by atoms with Gasteiger partial charge in [0.05, 0.1) is 6.61 Å². The molecule has 0 spiro atoms. The molecule has 12 heavy (non-hydrogen) atoms. The molecule has 0 N–H and O–H groups in total. The molecule has 0 aliphatic heterocycles. The number of hydrogen-bond acceptors (Lipinski definition) is 2. The van der Waals surface area contributed by atoms with Crippen LogP contribution in [0.2, 0.25) is 0 Å². The van der Waals surface area contributed by atoms with E-state index in [1.54, 1.807) is 0 Å². The molecule has 0 amide bonds. The van der Waals surface area contributed by atoms with Crippen molar-refractivity contribution in [3.8, 4) is 0 Å². The quantitative estimate of drug-likeness (QED) is 0.606. The minimum Gasteiger partial charge on any atom is -0.466 e. The van der Waals surface area contributed by atoms with Gasteiger partial charge in [-0.25, -0.2) is 0 Å². The van der Waals surface area contributed by atoms with Gasteiger partial charge in [0, 0.05) is 6.42 Å². The first-order valence-electron chi connectivity index (χ1n) is 4.78. The highest BCUT2D eigenvalue weighted by atomic mass is 16.5. The summed E-state index contributed by atoms with van der Waals surface area (Å²) >= 11 is 0. The van der Waals surface area contributed by atoms with Crippen molar-refractivity contribution < 1.29 is 9.53 Å². The zero-order valence-corrected chi connectivity index (χ0v) is 7.55. The normalized spacial score (nSPS) is 19.1. The van der Waals surface area contributed by atoms with E-state index in [-0.39, 0.29) is 12.6 Å². The molecular formula is C10H17O2. The van der Waals surface area contributed by atoms with Crippen LogP contribution in [0.15, 0.2) is 0 Å². The summed E-state index contributed by atoms with van der Waals surface area (Å²) in [6.45, 7) is 3.75. The summed E-state index contributed by atoms with van der Waals surface area (Å²) in [5, 5.41) is 0. The van der Waals surface area contributed by atoms with Gasteiger partial charge in [-0.15, -0.1) is 0 Å². The zero-order valence-electron chi connectivity index (χ0n) is 7.55. The third-order valence-electron chi connectivity index (χ3n) is 2.44. The predicted molar refractivity (Wildman–Crippen MR) is 47.5 cm³/mol. The van der Waals surface area contributed by atoms with Crippen LogP contribution in [-0.4, -0.2) is 12.6 Å². The lowest BCUT2D eigenvalue weighted by Gasteiger charge is -2.20. The topological polar surface area (TPSA) is 26.3 Å². The maximum Gasteiger partial charge on any atom is 0.306 e. The zero-order chi connectivity index (χ0) is 8.81. The summed E-state index contributed by atoms with van der Waals surface area (Å²) in [4.78, 5) is 11.0. The van der Waals surface area contributed by atoms with E-state index in [4.69, 9.17) is 4.74 Å². The highest BCUT2D eigenvalue weighted by molar-refractivity contribution is 5.69. The van der Waals surface area contributed by atoms with Crippen molar-refractivity contribution in [1.82, 2.24) is 0 Å². The standard InChI is InChI=1S/C10H17O2/c1-2-12-10(11)8-9-6-4-3-5-7-9/h9H,1-8H2. The van der Waals surface area contributed by atoms with Crippen molar-refractivity contribution in [1.29, 1.82) is 0 Å². The van der Waals surface area contributed by atoms with Crippen molar-refractivity contribution in [3.63, 3.8) is 0 Å². The first-order valence-corrected chi connectivity index (χ1v) is 4.78. The molecule has 1 radical (unpaired) electrons. The van der Waals surface area contributed by atoms with Crippen LogP contribution in [0.25, 0.3) is 0 Å². The molecule has 1 aliphatic carbocycles. The van der Waals surface area contributed by atoms with Gasteiger partial charge in [-0.1, -0.05) is 19.3 Å². The summed E-state index contributed by atoms with van der Waals surface area (Å²) in [6.07, 6.45) is 6.90. The fourth-order valence-corrected chi connectivity index (χ4v) is 1.80. The summed E-state index contributed by atoms with van der Waals surface area (Å²) < 4.78 is 4.79. The Bertz CT molecular complexity index is 137. The van der Waals surface area contributed by atoms with Gasteiger partial charge in [0.25, 0.3) is 0 Å². The van der Waals surface area contributed by atoms with Gasteiger partial charge in [-0.3, -0.25) is 4.79 Å². The van der Waals surface area contributed by atoms with Crippen molar-refractivity contribution in [2.75, 3.05) is 6.61 Å². The molecule has 0 aromatic carbocycles. The average molecular weight is 169 g/mol. The van der Waals surface area contributed by atoms with Crippen molar-refractivity contribution in [2.45, 2.75) is 38.5 Å². The number of esters is 1. The Morgan fingerprint density at radius 3 is 2.58 bits per heavy atom. The lowest BCUT2D eigenvalue weighted by molar-refractivity contribution is -0.143. The van der Waals surface area contributed by atoms with Gasteiger partial charge in [-0.2, -0.15) is 0 Å². The molecule has 0 aromatic rings. The monoisotopic (exact) mass is 169 g/mol. The van der Waals surface area contributed by atoms with Crippen LogP contribution < -0.4 is 0 Å². The molecule has 0 saturated heterocycles. The highest BCUT2D eigenvalue weighted by Gasteiger charge is 2.17. The number of carbonyl (C=O) groups is 1. The molecule has 1 fully saturated rings. The molecule has 2 heteroatoms. The second-order valence-corrected chi connectivity index (χ2v) is 3.43. The largest absolute Gasteiger partial charge is 0.466 e. The van der Waals surface area contributed by atoms with Crippen LogP contribution in [0.5, 0.6) is 0 Å². The molecule has 0 atom stereocenters. The van der Waals surface area contributed by atoms with Gasteiger partial charge in [0.1, 0.15) is 0 Å². The summed E-state index contributed by atoms with van der Waals surface area (Å²) in [6, 6.07) is 0. The Balaban J connectivity index is 2.15. The molecular weight excluding hydrogens is 152 g/mol. The average Bonchev–Trinajstić information content (AvgIpc) is 2.06. The maximum atomic E-state index is 11.0. The predicted octanol–water partition coefficient (Wildman–Crippen LogP) is 2.33. The van der Waals surface area contributed by atoms with E-state index in [2.05, 4.69) is 6.92 Å². The lowest BCUT2D eigenvalue weighted by Crippen LogP contribution is -2.14. The van der Waals surface area contributed by atoms with E-state index < -0.39 is 0 Å². The summed E-state index contributed by atoms with van der Waals surface area (Å²) in [5.41, 5.74) is 0. The molecule has 2 nitrogen and oxygen atoms in total. The van der Waals surface area contributed by atoms with Crippen molar-refractivity contribution in [2.24, 2.45) is 5.92 Å². The molecule has 1 saturated carbocycles. The first-order chi connectivity index (χ1) is 5.83. The van der Waals surface area contributed by atoms with Gasteiger partial charge in [-0.05, 0) is 25.7 Å². The second-order valence-electron chi connectivity index (χ2n) is 3.43. The minimum atomic E-state index is -0.0723. The molecule has 1 rings (SSSR count). The first kappa shape index (κ1) is 9.56. The summed E-state index contributed by atoms with van der Waals surface area (Å²) in [5.74, 6) is 0.509. The van der Waals surface area contributed by atoms with Crippen LogP contribution in [-0.2, 0) is 9.53 Å². The number of carbonyl (C=O) groups excluding carboxylic acids is 1. The molecule has 1 aliphatic rings. The van der Waals surface area contributed by atoms with Crippen LogP contribution in [0.3, 0.4) is 0 Å². The molecule has 0 unspecified atom stereocenters. The number of ether oxygens (including phenoxy) is 1. The Morgan fingerprint density at radius 1 is 1.33 bits per heavy atom. The second kappa shape index (κ2) is 5.18. The molecule has 0 aromatic heterocycles. The SMILES string of the molecule is [CH2]COC(=O)CC1CCCCC1. The number of hydrogen-bond donors (Lipinski definition) is 0. The fraction of sp³-hybridized carbons (Fsp3) is 0.800. The van der Waals surface area contributed by atoms with Gasteiger partial charge in [0.15, 0.2) is 0 Å². The molecule has 0 bridgehead atoms. The Kier molecular flexibility index (Phi) is 4.12. The third-order valence-corrected chi connectivity index (χ3v) is 2.44. The third kappa shape index (κ3) is 3.24. The van der Waals surface area contributed by atoms with E-state index in [0.717, 1.165) is 0 Å². The Labute approximate surface area is 74.3 Å². The van der Waals surface area contributed by atoms with E-state index in [1.807, 2.05) is 0 Å². The summed E-state index contributed by atoms with van der Waals surface area (Å²) in [7, 11) is 0. The van der Waals surface area contributed by atoms with Crippen LogP contribution in [0.1, 0.15) is 38.5 Å². The van der Waals surface area contributed by atoms with E-state index in [0.29, 0.717) is 12.3 Å². The van der Waals surface area contributed by atoms with Gasteiger partial charge in [0.2, 0.25) is 0 Å². The van der Waals surface area contributed by atoms with Crippen LogP contribution in [0, 0.1) is 12.8 Å². The van der Waals surface area contributed by atoms with Crippen molar-refractivity contribution in [3.05, 3.63) is 6.92 Å². The van der Waals surface area contributed by atoms with Gasteiger partial charge >= 0.3 is 5.97 Å². The smallest absolute Gasteiger partial charge is 0.306 e. The Hall–Kier alpha value is -0.530. The van der Waals surface area contributed by atoms with Crippen LogP contribution in [0.4, 0.5) is 0 Å². The maximum absolute atomic E-state index is 11.0. The minimum absolute atomic E-state index is 0.0723.